The highest BCUT2D eigenvalue weighted by Crippen LogP contribution is 2.22. The predicted octanol–water partition coefficient (Wildman–Crippen LogP) is 3.28. The van der Waals surface area contributed by atoms with E-state index in [0.717, 1.165) is 6.42 Å². The van der Waals surface area contributed by atoms with E-state index in [1.807, 2.05) is 6.92 Å². The maximum atomic E-state index is 12.6. The standard InChI is InChI=1S/C18H22ClN3O3S/c1-4-9-20-15(23)10-22(3)18(24)17-12(2)21-16(26-17)11-25-14-7-5-13(19)6-8-14/h5-8H,4,9-11H2,1-3H3,(H,20,23). The van der Waals surface area contributed by atoms with Crippen molar-refractivity contribution in [2.45, 2.75) is 26.9 Å². The molecular weight excluding hydrogens is 374 g/mol. The number of hydrogen-bond donors (Lipinski definition) is 1. The lowest BCUT2D eigenvalue weighted by molar-refractivity contribution is -0.121. The number of likely N-dealkylation sites (N-methyl/N-ethyl adjacent to an activating group) is 1. The van der Waals surface area contributed by atoms with Gasteiger partial charge in [-0.3, -0.25) is 9.59 Å². The molecule has 0 unspecified atom stereocenters. The number of thiazole rings is 1. The zero-order chi connectivity index (χ0) is 19.1. The fourth-order valence-corrected chi connectivity index (χ4v) is 3.27. The van der Waals surface area contributed by atoms with Crippen LogP contribution in [0.15, 0.2) is 24.3 Å². The highest BCUT2D eigenvalue weighted by molar-refractivity contribution is 7.13. The van der Waals surface area contributed by atoms with Gasteiger partial charge in [-0.25, -0.2) is 4.98 Å². The average molecular weight is 396 g/mol. The van der Waals surface area contributed by atoms with Crippen molar-refractivity contribution < 1.29 is 14.3 Å². The third kappa shape index (κ3) is 5.71. The second-order valence-corrected chi connectivity index (χ2v) is 7.30. The Bertz CT molecular complexity index is 762. The number of hydrogen-bond acceptors (Lipinski definition) is 5. The molecule has 8 heteroatoms. The minimum Gasteiger partial charge on any atom is -0.486 e. The van der Waals surface area contributed by atoms with Gasteiger partial charge in [0.2, 0.25) is 5.91 Å². The number of carbonyl (C=O) groups is 2. The number of nitrogens with zero attached hydrogens (tertiary/aromatic N) is 2. The number of carbonyl (C=O) groups excluding carboxylic acids is 2. The van der Waals surface area contributed by atoms with Crippen molar-refractivity contribution in [3.8, 4) is 5.75 Å². The molecule has 0 radical (unpaired) electrons. The molecule has 0 aliphatic heterocycles. The van der Waals surface area contributed by atoms with Crippen LogP contribution < -0.4 is 10.1 Å². The average Bonchev–Trinajstić information content (AvgIpc) is 2.99. The number of rotatable bonds is 8. The third-order valence-electron chi connectivity index (χ3n) is 3.51. The van der Waals surface area contributed by atoms with Gasteiger partial charge in [0, 0.05) is 18.6 Å². The minimum absolute atomic E-state index is 0.0206. The van der Waals surface area contributed by atoms with Crippen LogP contribution in [-0.4, -0.2) is 41.8 Å². The molecule has 2 aromatic rings. The number of halogens is 1. The first-order valence-electron chi connectivity index (χ1n) is 8.27. The van der Waals surface area contributed by atoms with Crippen LogP contribution in [0.3, 0.4) is 0 Å². The first kappa shape index (κ1) is 20.2. The number of aryl methyl sites for hydroxylation is 1. The largest absolute Gasteiger partial charge is 0.486 e. The van der Waals surface area contributed by atoms with Crippen LogP contribution in [0.2, 0.25) is 5.02 Å². The van der Waals surface area contributed by atoms with E-state index in [9.17, 15) is 9.59 Å². The molecule has 1 heterocycles. The van der Waals surface area contributed by atoms with E-state index in [1.54, 1.807) is 38.2 Å². The van der Waals surface area contributed by atoms with Gasteiger partial charge in [0.1, 0.15) is 22.2 Å². The molecule has 0 atom stereocenters. The van der Waals surface area contributed by atoms with Crippen LogP contribution in [-0.2, 0) is 11.4 Å². The van der Waals surface area contributed by atoms with Gasteiger partial charge < -0.3 is 15.0 Å². The molecule has 140 valence electrons. The monoisotopic (exact) mass is 395 g/mol. The van der Waals surface area contributed by atoms with Gasteiger partial charge in [-0.15, -0.1) is 11.3 Å². The van der Waals surface area contributed by atoms with Crippen molar-refractivity contribution >= 4 is 34.8 Å². The Hall–Kier alpha value is -2.12. The van der Waals surface area contributed by atoms with Crippen molar-refractivity contribution in [2.75, 3.05) is 20.1 Å². The lowest BCUT2D eigenvalue weighted by Gasteiger charge is -2.15. The van der Waals surface area contributed by atoms with E-state index in [-0.39, 0.29) is 25.0 Å². The maximum Gasteiger partial charge on any atom is 0.266 e. The summed E-state index contributed by atoms with van der Waals surface area (Å²) >= 11 is 7.12. The molecule has 2 rings (SSSR count). The first-order chi connectivity index (χ1) is 12.4. The molecule has 0 saturated carbocycles. The Morgan fingerprint density at radius 1 is 1.31 bits per heavy atom. The van der Waals surface area contributed by atoms with Gasteiger partial charge >= 0.3 is 0 Å². The lowest BCUT2D eigenvalue weighted by atomic mass is 10.3. The molecule has 0 bridgehead atoms. The molecule has 2 amide bonds. The summed E-state index contributed by atoms with van der Waals surface area (Å²) in [6.45, 7) is 4.64. The van der Waals surface area contributed by atoms with Crippen molar-refractivity contribution in [2.24, 2.45) is 0 Å². The molecule has 0 saturated heterocycles. The zero-order valence-electron chi connectivity index (χ0n) is 15.0. The summed E-state index contributed by atoms with van der Waals surface area (Å²) in [5.74, 6) is 0.292. The third-order valence-corrected chi connectivity index (χ3v) is 4.88. The van der Waals surface area contributed by atoms with E-state index in [0.29, 0.717) is 32.9 Å². The number of aromatic nitrogens is 1. The lowest BCUT2D eigenvalue weighted by Crippen LogP contribution is -2.38. The maximum absolute atomic E-state index is 12.6. The summed E-state index contributed by atoms with van der Waals surface area (Å²) in [5, 5.41) is 4.10. The van der Waals surface area contributed by atoms with E-state index in [1.165, 1.54) is 16.2 Å². The number of ether oxygens (including phenoxy) is 1. The number of amides is 2. The molecule has 1 aromatic heterocycles. The quantitative estimate of drug-likeness (QED) is 0.744. The summed E-state index contributed by atoms with van der Waals surface area (Å²) in [4.78, 5) is 30.6. The molecule has 0 spiro atoms. The smallest absolute Gasteiger partial charge is 0.266 e. The van der Waals surface area contributed by atoms with Gasteiger partial charge in [-0.1, -0.05) is 18.5 Å². The fraction of sp³-hybridized carbons (Fsp3) is 0.389. The first-order valence-corrected chi connectivity index (χ1v) is 9.47. The normalized spacial score (nSPS) is 10.5. The number of nitrogens with one attached hydrogen (secondary N) is 1. The molecular formula is C18H22ClN3O3S. The molecule has 6 nitrogen and oxygen atoms in total. The molecule has 1 aromatic carbocycles. The van der Waals surface area contributed by atoms with Gasteiger partial charge in [-0.05, 0) is 37.6 Å². The Labute approximate surface area is 162 Å². The van der Waals surface area contributed by atoms with Gasteiger partial charge in [-0.2, -0.15) is 0 Å². The van der Waals surface area contributed by atoms with Gasteiger partial charge in [0.25, 0.3) is 5.91 Å². The Morgan fingerprint density at radius 2 is 2.00 bits per heavy atom. The summed E-state index contributed by atoms with van der Waals surface area (Å²) in [6, 6.07) is 7.05. The predicted molar refractivity (Wildman–Crippen MR) is 103 cm³/mol. The van der Waals surface area contributed by atoms with E-state index < -0.39 is 0 Å². The van der Waals surface area contributed by atoms with Gasteiger partial charge in [0.05, 0.1) is 12.2 Å². The molecule has 0 aliphatic rings. The zero-order valence-corrected chi connectivity index (χ0v) is 16.6. The van der Waals surface area contributed by atoms with E-state index in [2.05, 4.69) is 10.3 Å². The topological polar surface area (TPSA) is 71.5 Å². The molecule has 0 fully saturated rings. The molecule has 26 heavy (non-hydrogen) atoms. The van der Waals surface area contributed by atoms with Crippen molar-refractivity contribution in [3.05, 3.63) is 44.9 Å². The second kappa shape index (κ2) is 9.54. The van der Waals surface area contributed by atoms with Crippen molar-refractivity contribution in [1.29, 1.82) is 0 Å². The Morgan fingerprint density at radius 3 is 2.65 bits per heavy atom. The van der Waals surface area contributed by atoms with Crippen molar-refractivity contribution in [1.82, 2.24) is 15.2 Å². The summed E-state index contributed by atoms with van der Waals surface area (Å²) < 4.78 is 5.66. The van der Waals surface area contributed by atoms with E-state index >= 15 is 0 Å². The highest BCUT2D eigenvalue weighted by Gasteiger charge is 2.20. The summed E-state index contributed by atoms with van der Waals surface area (Å²) in [5.41, 5.74) is 0.635. The highest BCUT2D eigenvalue weighted by atomic mass is 35.5. The van der Waals surface area contributed by atoms with Crippen LogP contribution in [0.4, 0.5) is 0 Å². The van der Waals surface area contributed by atoms with Crippen LogP contribution in [0.1, 0.15) is 33.7 Å². The fourth-order valence-electron chi connectivity index (χ4n) is 2.17. The van der Waals surface area contributed by atoms with Crippen LogP contribution in [0.25, 0.3) is 0 Å². The SMILES string of the molecule is CCCNC(=O)CN(C)C(=O)c1sc(COc2ccc(Cl)cc2)nc1C. The van der Waals surface area contributed by atoms with E-state index in [4.69, 9.17) is 16.3 Å². The Balaban J connectivity index is 1.96. The Kier molecular flexibility index (Phi) is 7.41. The summed E-state index contributed by atoms with van der Waals surface area (Å²) in [6.07, 6.45) is 0.855. The minimum atomic E-state index is -0.218. The van der Waals surface area contributed by atoms with Crippen LogP contribution in [0, 0.1) is 6.92 Å². The van der Waals surface area contributed by atoms with Crippen LogP contribution in [0.5, 0.6) is 5.75 Å². The molecule has 0 aliphatic carbocycles. The van der Waals surface area contributed by atoms with Crippen molar-refractivity contribution in [3.63, 3.8) is 0 Å². The number of benzene rings is 1. The molecule has 1 N–H and O–H groups in total. The summed E-state index contributed by atoms with van der Waals surface area (Å²) in [7, 11) is 1.61. The van der Waals surface area contributed by atoms with Crippen LogP contribution >= 0.6 is 22.9 Å². The second-order valence-electron chi connectivity index (χ2n) is 5.78. The van der Waals surface area contributed by atoms with Gasteiger partial charge in [0.15, 0.2) is 0 Å².